The lowest BCUT2D eigenvalue weighted by molar-refractivity contribution is -0.124. The summed E-state index contributed by atoms with van der Waals surface area (Å²) >= 11 is 0. The molecule has 0 aliphatic heterocycles. The second-order valence-electron chi connectivity index (χ2n) is 6.36. The van der Waals surface area contributed by atoms with E-state index in [1.54, 1.807) is 31.2 Å². The van der Waals surface area contributed by atoms with Crippen LogP contribution in [0.1, 0.15) is 36.5 Å². The van der Waals surface area contributed by atoms with Gasteiger partial charge in [-0.15, -0.1) is 0 Å². The topological polar surface area (TPSA) is 58.2 Å². The molecular formula is C17H20F2N2O2. The Balaban J connectivity index is 1.52. The van der Waals surface area contributed by atoms with Crippen LogP contribution >= 0.6 is 0 Å². The van der Waals surface area contributed by atoms with Gasteiger partial charge in [-0.1, -0.05) is 25.1 Å². The first-order valence-electron chi connectivity index (χ1n) is 7.97. The summed E-state index contributed by atoms with van der Waals surface area (Å²) in [7, 11) is 0. The Morgan fingerprint density at radius 1 is 1.22 bits per heavy atom. The van der Waals surface area contributed by atoms with Crippen molar-refractivity contribution in [1.82, 2.24) is 10.6 Å². The van der Waals surface area contributed by atoms with Crippen LogP contribution in [0.15, 0.2) is 30.3 Å². The van der Waals surface area contributed by atoms with Gasteiger partial charge in [-0.3, -0.25) is 9.59 Å². The highest BCUT2D eigenvalue weighted by Crippen LogP contribution is 2.63. The van der Waals surface area contributed by atoms with Gasteiger partial charge < -0.3 is 10.6 Å². The molecule has 4 nitrogen and oxygen atoms in total. The fourth-order valence-electron chi connectivity index (χ4n) is 3.42. The van der Waals surface area contributed by atoms with Crippen LogP contribution in [0.3, 0.4) is 0 Å². The monoisotopic (exact) mass is 322 g/mol. The Labute approximate surface area is 133 Å². The minimum absolute atomic E-state index is 0.209. The van der Waals surface area contributed by atoms with Crippen LogP contribution < -0.4 is 10.6 Å². The van der Waals surface area contributed by atoms with Crippen molar-refractivity contribution in [1.29, 1.82) is 0 Å². The second-order valence-corrected chi connectivity index (χ2v) is 6.36. The van der Waals surface area contributed by atoms with Crippen LogP contribution in [0, 0.1) is 11.8 Å². The predicted molar refractivity (Wildman–Crippen MR) is 81.1 cm³/mol. The van der Waals surface area contributed by atoms with Gasteiger partial charge in [0.25, 0.3) is 11.8 Å². The quantitative estimate of drug-likeness (QED) is 0.874. The maximum Gasteiger partial charge on any atom is 0.254 e. The van der Waals surface area contributed by atoms with Gasteiger partial charge in [0.05, 0.1) is 0 Å². The third-order valence-electron chi connectivity index (χ3n) is 4.85. The van der Waals surface area contributed by atoms with Gasteiger partial charge in [0, 0.05) is 23.4 Å². The molecule has 1 aromatic rings. The number of hydrogen-bond donors (Lipinski definition) is 2. The summed E-state index contributed by atoms with van der Waals surface area (Å²) in [4.78, 5) is 24.4. The maximum absolute atomic E-state index is 13.2. The molecule has 6 heteroatoms. The number of fused-ring (bicyclic) bond motifs is 1. The Morgan fingerprint density at radius 2 is 1.83 bits per heavy atom. The highest BCUT2D eigenvalue weighted by molar-refractivity contribution is 5.97. The number of benzene rings is 1. The molecule has 0 saturated heterocycles. The Hall–Kier alpha value is -1.98. The van der Waals surface area contributed by atoms with Gasteiger partial charge in [-0.2, -0.15) is 0 Å². The summed E-state index contributed by atoms with van der Waals surface area (Å²) in [5, 5.41) is 5.49. The molecule has 0 radical (unpaired) electrons. The van der Waals surface area contributed by atoms with E-state index in [-0.39, 0.29) is 17.9 Å². The molecule has 3 rings (SSSR count). The molecule has 2 N–H and O–H groups in total. The van der Waals surface area contributed by atoms with Crippen molar-refractivity contribution >= 4 is 11.8 Å². The average molecular weight is 322 g/mol. The van der Waals surface area contributed by atoms with Crippen molar-refractivity contribution in [2.24, 2.45) is 11.8 Å². The van der Waals surface area contributed by atoms with E-state index in [9.17, 15) is 18.4 Å². The van der Waals surface area contributed by atoms with Crippen molar-refractivity contribution in [3.8, 4) is 0 Å². The van der Waals surface area contributed by atoms with Crippen molar-refractivity contribution in [2.75, 3.05) is 0 Å². The molecule has 2 unspecified atom stereocenters. The van der Waals surface area contributed by atoms with Crippen LogP contribution in [0.2, 0.25) is 0 Å². The molecule has 2 amide bonds. The summed E-state index contributed by atoms with van der Waals surface area (Å²) in [6, 6.07) is 7.79. The zero-order valence-corrected chi connectivity index (χ0v) is 12.9. The third kappa shape index (κ3) is 3.07. The molecule has 124 valence electrons. The summed E-state index contributed by atoms with van der Waals surface area (Å²) in [5.41, 5.74) is 0.487. The van der Waals surface area contributed by atoms with Gasteiger partial charge in [0.1, 0.15) is 6.04 Å². The van der Waals surface area contributed by atoms with Crippen LogP contribution in [-0.4, -0.2) is 29.8 Å². The van der Waals surface area contributed by atoms with Crippen molar-refractivity contribution in [3.05, 3.63) is 35.9 Å². The van der Waals surface area contributed by atoms with E-state index in [0.29, 0.717) is 24.8 Å². The van der Waals surface area contributed by atoms with E-state index in [2.05, 4.69) is 10.6 Å². The van der Waals surface area contributed by atoms with Crippen LogP contribution in [-0.2, 0) is 4.79 Å². The Bertz CT molecular complexity index is 592. The molecule has 23 heavy (non-hydrogen) atoms. The largest absolute Gasteiger partial charge is 0.352 e. The molecule has 2 aliphatic carbocycles. The van der Waals surface area contributed by atoms with Crippen LogP contribution in [0.5, 0.6) is 0 Å². The fourth-order valence-corrected chi connectivity index (χ4v) is 3.42. The number of amides is 2. The second kappa shape index (κ2) is 5.91. The molecule has 0 spiro atoms. The summed E-state index contributed by atoms with van der Waals surface area (Å²) < 4.78 is 26.3. The SMILES string of the molecule is CC[C@H](NC(=O)c1ccccc1)C(=O)NC1CC2C(C1)C2(F)F. The van der Waals surface area contributed by atoms with Crippen molar-refractivity contribution < 1.29 is 18.4 Å². The number of nitrogens with one attached hydrogen (secondary N) is 2. The zero-order chi connectivity index (χ0) is 16.6. The Kier molecular flexibility index (Phi) is 4.08. The summed E-state index contributed by atoms with van der Waals surface area (Å²) in [6.07, 6.45) is 1.10. The molecule has 3 atom stereocenters. The van der Waals surface area contributed by atoms with E-state index >= 15 is 0 Å². The van der Waals surface area contributed by atoms with E-state index in [1.165, 1.54) is 0 Å². The van der Waals surface area contributed by atoms with Gasteiger partial charge in [-0.25, -0.2) is 8.78 Å². The van der Waals surface area contributed by atoms with E-state index < -0.39 is 23.8 Å². The molecular weight excluding hydrogens is 302 g/mol. The lowest BCUT2D eigenvalue weighted by atomic mass is 10.1. The number of rotatable bonds is 5. The first kappa shape index (κ1) is 15.9. The van der Waals surface area contributed by atoms with Crippen LogP contribution in [0.4, 0.5) is 8.78 Å². The van der Waals surface area contributed by atoms with Gasteiger partial charge >= 0.3 is 0 Å². The molecule has 2 fully saturated rings. The molecule has 0 heterocycles. The van der Waals surface area contributed by atoms with Crippen molar-refractivity contribution in [3.63, 3.8) is 0 Å². The Morgan fingerprint density at radius 3 is 2.39 bits per heavy atom. The molecule has 1 aromatic carbocycles. The lowest BCUT2D eigenvalue weighted by Crippen LogP contribution is -2.49. The predicted octanol–water partition coefficient (Wildman–Crippen LogP) is 2.35. The molecule has 0 bridgehead atoms. The number of hydrogen-bond acceptors (Lipinski definition) is 2. The van der Waals surface area contributed by atoms with Crippen LogP contribution in [0.25, 0.3) is 0 Å². The zero-order valence-electron chi connectivity index (χ0n) is 12.9. The average Bonchev–Trinajstić information content (AvgIpc) is 2.90. The number of carbonyl (C=O) groups excluding carboxylic acids is 2. The maximum atomic E-state index is 13.2. The summed E-state index contributed by atoms with van der Waals surface area (Å²) in [6.45, 7) is 1.80. The van der Waals surface area contributed by atoms with Gasteiger partial charge in [-0.05, 0) is 31.4 Å². The number of carbonyl (C=O) groups is 2. The first-order valence-corrected chi connectivity index (χ1v) is 7.97. The smallest absolute Gasteiger partial charge is 0.254 e. The van der Waals surface area contributed by atoms with E-state index in [4.69, 9.17) is 0 Å². The summed E-state index contributed by atoms with van der Waals surface area (Å²) in [5.74, 6) is -4.30. The van der Waals surface area contributed by atoms with Crippen molar-refractivity contribution in [2.45, 2.75) is 44.2 Å². The van der Waals surface area contributed by atoms with Gasteiger partial charge in [0.15, 0.2) is 0 Å². The standard InChI is InChI=1S/C17H20F2N2O2/c1-2-14(21-15(22)10-6-4-3-5-7-10)16(23)20-11-8-12-13(9-11)17(12,18)19/h3-7,11-14H,2,8-9H2,1H3,(H,20,23)(H,21,22)/t11?,12?,13?,14-/m0/s1. The minimum Gasteiger partial charge on any atom is -0.352 e. The van der Waals surface area contributed by atoms with E-state index in [1.807, 2.05) is 6.07 Å². The lowest BCUT2D eigenvalue weighted by Gasteiger charge is -2.21. The van der Waals surface area contributed by atoms with Gasteiger partial charge in [0.2, 0.25) is 5.91 Å². The highest BCUT2D eigenvalue weighted by Gasteiger charge is 2.71. The molecule has 2 aliphatic rings. The molecule has 0 aromatic heterocycles. The first-order chi connectivity index (χ1) is 10.9. The minimum atomic E-state index is -2.53. The molecule has 2 saturated carbocycles. The highest BCUT2D eigenvalue weighted by atomic mass is 19.3. The number of halogens is 2. The fraction of sp³-hybridized carbons (Fsp3) is 0.529. The normalized spacial score (nSPS) is 28.6. The number of alkyl halides is 2. The third-order valence-corrected chi connectivity index (χ3v) is 4.85. The van der Waals surface area contributed by atoms with E-state index in [0.717, 1.165) is 0 Å².